The summed E-state index contributed by atoms with van der Waals surface area (Å²) in [5, 5.41) is -0.478. The summed E-state index contributed by atoms with van der Waals surface area (Å²) in [6, 6.07) is 0. The molecule has 0 aromatic carbocycles. The Hall–Kier alpha value is -0.790. The van der Waals surface area contributed by atoms with Gasteiger partial charge in [0.1, 0.15) is 0 Å². The Balaban J connectivity index is 4.91. The summed E-state index contributed by atoms with van der Waals surface area (Å²) in [6.07, 6.45) is -3.86. The maximum Gasteiger partial charge on any atom is 0.460 e. The van der Waals surface area contributed by atoms with Gasteiger partial charge in [-0.1, -0.05) is 37.8 Å². The number of rotatable bonds is 8. The fourth-order valence-corrected chi connectivity index (χ4v) is 1.59. The van der Waals surface area contributed by atoms with E-state index in [1.807, 2.05) is 6.92 Å². The Bertz CT molecular complexity index is 388. The van der Waals surface area contributed by atoms with Gasteiger partial charge in [-0.3, -0.25) is 4.79 Å². The van der Waals surface area contributed by atoms with Crippen molar-refractivity contribution in [3.63, 3.8) is 0 Å². The summed E-state index contributed by atoms with van der Waals surface area (Å²) in [6.45, 7) is 1.90. The molecule has 0 aromatic heterocycles. The van der Waals surface area contributed by atoms with Crippen LogP contribution in [0.15, 0.2) is 11.1 Å². The highest BCUT2D eigenvalue weighted by Crippen LogP contribution is 2.47. The Morgan fingerprint density at radius 1 is 1.00 bits per heavy atom. The Kier molecular flexibility index (Phi) is 7.19. The van der Waals surface area contributed by atoms with Gasteiger partial charge in [0.25, 0.3) is 0 Å². The predicted molar refractivity (Wildman–Crippen MR) is 63.7 cm³/mol. The van der Waals surface area contributed by atoms with Gasteiger partial charge in [0.2, 0.25) is 5.78 Å². The number of allylic oxidation sites excluding steroid dienone is 2. The standard InChI is InChI=1S/C12H14ClF7O/c1-2-3-4-5-6-8(13)7-9(21)10(14,15)11(16,17)12(18,19)20/h7H,2-6H2,1H3/b8-7+. The van der Waals surface area contributed by atoms with Crippen molar-refractivity contribution in [2.75, 3.05) is 0 Å². The molecule has 0 saturated heterocycles. The van der Waals surface area contributed by atoms with E-state index in [4.69, 9.17) is 11.6 Å². The van der Waals surface area contributed by atoms with Crippen LogP contribution in [0.4, 0.5) is 30.7 Å². The molecule has 0 spiro atoms. The molecule has 0 N–H and O–H groups in total. The van der Waals surface area contributed by atoms with Crippen LogP contribution in [0.2, 0.25) is 0 Å². The molecule has 0 aliphatic carbocycles. The van der Waals surface area contributed by atoms with E-state index in [1.54, 1.807) is 0 Å². The zero-order valence-electron chi connectivity index (χ0n) is 11.0. The van der Waals surface area contributed by atoms with Gasteiger partial charge >= 0.3 is 18.0 Å². The number of unbranched alkanes of at least 4 members (excludes halogenated alkanes) is 3. The molecule has 0 aliphatic rings. The summed E-state index contributed by atoms with van der Waals surface area (Å²) in [7, 11) is 0. The van der Waals surface area contributed by atoms with Crippen molar-refractivity contribution in [2.24, 2.45) is 0 Å². The number of hydrogen-bond acceptors (Lipinski definition) is 1. The van der Waals surface area contributed by atoms with Gasteiger partial charge in [0.15, 0.2) is 0 Å². The van der Waals surface area contributed by atoms with Crippen LogP contribution in [0, 0.1) is 0 Å². The second kappa shape index (κ2) is 7.47. The third-order valence-electron chi connectivity index (χ3n) is 2.62. The van der Waals surface area contributed by atoms with Crippen molar-refractivity contribution in [3.05, 3.63) is 11.1 Å². The lowest BCUT2D eigenvalue weighted by Crippen LogP contribution is -2.55. The molecule has 0 amide bonds. The van der Waals surface area contributed by atoms with Crippen LogP contribution in [0.25, 0.3) is 0 Å². The monoisotopic (exact) mass is 342 g/mol. The van der Waals surface area contributed by atoms with E-state index >= 15 is 0 Å². The number of carbonyl (C=O) groups excluding carboxylic acids is 1. The third-order valence-corrected chi connectivity index (χ3v) is 2.91. The molecule has 0 aromatic rings. The molecule has 0 rings (SSSR count). The first-order valence-electron chi connectivity index (χ1n) is 6.10. The lowest BCUT2D eigenvalue weighted by molar-refractivity contribution is -0.342. The van der Waals surface area contributed by atoms with Crippen LogP contribution < -0.4 is 0 Å². The third kappa shape index (κ3) is 5.16. The van der Waals surface area contributed by atoms with Crippen LogP contribution in [0.3, 0.4) is 0 Å². The van der Waals surface area contributed by atoms with E-state index in [1.165, 1.54) is 0 Å². The van der Waals surface area contributed by atoms with E-state index < -0.39 is 28.8 Å². The average Bonchev–Trinajstić information content (AvgIpc) is 2.32. The summed E-state index contributed by atoms with van der Waals surface area (Å²) < 4.78 is 86.8. The summed E-state index contributed by atoms with van der Waals surface area (Å²) in [4.78, 5) is 11.0. The van der Waals surface area contributed by atoms with E-state index in [0.29, 0.717) is 12.8 Å². The maximum absolute atomic E-state index is 13.0. The van der Waals surface area contributed by atoms with Crippen molar-refractivity contribution in [3.8, 4) is 0 Å². The molecule has 0 aliphatic heterocycles. The molecule has 0 fully saturated rings. The molecule has 0 radical (unpaired) electrons. The minimum atomic E-state index is -6.53. The minimum Gasteiger partial charge on any atom is -0.288 e. The number of ketones is 1. The molecular weight excluding hydrogens is 329 g/mol. The van der Waals surface area contributed by atoms with Gasteiger partial charge in [-0.05, 0) is 12.8 Å². The highest BCUT2D eigenvalue weighted by atomic mass is 35.5. The van der Waals surface area contributed by atoms with Crippen molar-refractivity contribution < 1.29 is 35.5 Å². The van der Waals surface area contributed by atoms with Crippen LogP contribution in [-0.2, 0) is 4.79 Å². The largest absolute Gasteiger partial charge is 0.460 e. The zero-order chi connectivity index (χ0) is 16.9. The van der Waals surface area contributed by atoms with Crippen LogP contribution in [0.1, 0.15) is 39.0 Å². The van der Waals surface area contributed by atoms with Crippen LogP contribution >= 0.6 is 11.6 Å². The lowest BCUT2D eigenvalue weighted by Gasteiger charge is -2.26. The highest BCUT2D eigenvalue weighted by Gasteiger charge is 2.75. The normalized spacial score (nSPS) is 14.4. The Labute approximate surface area is 122 Å². The van der Waals surface area contributed by atoms with Crippen LogP contribution in [-0.4, -0.2) is 23.8 Å². The van der Waals surface area contributed by atoms with Gasteiger partial charge in [0.05, 0.1) is 0 Å². The molecule has 0 atom stereocenters. The first kappa shape index (κ1) is 20.2. The second-order valence-corrected chi connectivity index (χ2v) is 4.90. The molecule has 1 nitrogen and oxygen atoms in total. The van der Waals surface area contributed by atoms with E-state index in [-0.39, 0.29) is 12.5 Å². The fourth-order valence-electron chi connectivity index (χ4n) is 1.36. The zero-order valence-corrected chi connectivity index (χ0v) is 11.8. The fraction of sp³-hybridized carbons (Fsp3) is 0.750. The molecule has 9 heteroatoms. The van der Waals surface area contributed by atoms with E-state index in [2.05, 4.69) is 0 Å². The van der Waals surface area contributed by atoms with Crippen LogP contribution in [0.5, 0.6) is 0 Å². The van der Waals surface area contributed by atoms with Crippen molar-refractivity contribution in [2.45, 2.75) is 57.0 Å². The van der Waals surface area contributed by atoms with E-state index in [9.17, 15) is 35.5 Å². The second-order valence-electron chi connectivity index (χ2n) is 4.41. The quantitative estimate of drug-likeness (QED) is 0.324. The number of hydrogen-bond donors (Lipinski definition) is 0. The molecule has 124 valence electrons. The lowest BCUT2D eigenvalue weighted by atomic mass is 10.1. The average molecular weight is 343 g/mol. The molecule has 0 unspecified atom stereocenters. The molecule has 21 heavy (non-hydrogen) atoms. The molecule has 0 heterocycles. The van der Waals surface area contributed by atoms with E-state index in [0.717, 1.165) is 12.8 Å². The topological polar surface area (TPSA) is 17.1 Å². The first-order valence-corrected chi connectivity index (χ1v) is 6.48. The summed E-state index contributed by atoms with van der Waals surface area (Å²) in [5.41, 5.74) is 0. The van der Waals surface area contributed by atoms with Crippen molar-refractivity contribution in [1.82, 2.24) is 0 Å². The number of alkyl halides is 7. The van der Waals surface area contributed by atoms with Gasteiger partial charge < -0.3 is 0 Å². The van der Waals surface area contributed by atoms with Gasteiger partial charge in [-0.15, -0.1) is 0 Å². The summed E-state index contributed by atoms with van der Waals surface area (Å²) >= 11 is 5.41. The minimum absolute atomic E-state index is 0.0407. The Morgan fingerprint density at radius 2 is 1.52 bits per heavy atom. The molecule has 0 bridgehead atoms. The predicted octanol–water partition coefficient (Wildman–Crippen LogP) is 5.48. The van der Waals surface area contributed by atoms with Crippen molar-refractivity contribution >= 4 is 17.4 Å². The van der Waals surface area contributed by atoms with Crippen molar-refractivity contribution in [1.29, 1.82) is 0 Å². The first-order chi connectivity index (χ1) is 9.38. The highest BCUT2D eigenvalue weighted by molar-refractivity contribution is 6.31. The van der Waals surface area contributed by atoms with Gasteiger partial charge in [-0.25, -0.2) is 0 Å². The molecular formula is C12H14ClF7O. The molecule has 0 saturated carbocycles. The van der Waals surface area contributed by atoms with Gasteiger partial charge in [0, 0.05) is 11.1 Å². The summed E-state index contributed by atoms with van der Waals surface area (Å²) in [5.74, 6) is -15.0. The van der Waals surface area contributed by atoms with Gasteiger partial charge in [-0.2, -0.15) is 30.7 Å². The number of carbonyl (C=O) groups is 1. The maximum atomic E-state index is 13.0. The SMILES string of the molecule is CCCCCC/C(Cl)=C\C(=O)C(F)(F)C(F)(F)C(F)(F)F. The number of halogens is 8. The smallest absolute Gasteiger partial charge is 0.288 e. The Morgan fingerprint density at radius 3 is 1.95 bits per heavy atom.